The molecule has 0 saturated carbocycles. The topological polar surface area (TPSA) is 109 Å². The monoisotopic (exact) mass is 463 g/mol. The second kappa shape index (κ2) is 10.8. The fourth-order valence-corrected chi connectivity index (χ4v) is 4.40. The first-order valence-electron chi connectivity index (χ1n) is 12.0. The molecule has 8 heteroatoms. The van der Waals surface area contributed by atoms with E-state index in [2.05, 4.69) is 43.8 Å². The number of rotatable bonds is 10. The summed E-state index contributed by atoms with van der Waals surface area (Å²) in [4.78, 5) is 36.8. The van der Waals surface area contributed by atoms with E-state index in [0.717, 1.165) is 60.0 Å². The molecule has 1 aliphatic heterocycles. The third kappa shape index (κ3) is 5.62. The third-order valence-corrected chi connectivity index (χ3v) is 6.56. The van der Waals surface area contributed by atoms with Crippen LogP contribution in [0.25, 0.3) is 22.0 Å². The van der Waals surface area contributed by atoms with Gasteiger partial charge in [0, 0.05) is 43.4 Å². The van der Waals surface area contributed by atoms with E-state index in [4.69, 9.17) is 4.74 Å². The molecule has 3 heterocycles. The van der Waals surface area contributed by atoms with Crippen LogP contribution in [-0.2, 0) is 14.3 Å². The number of fused-ring (bicyclic) bond motifs is 1. The average molecular weight is 464 g/mol. The second-order valence-electron chi connectivity index (χ2n) is 9.10. The lowest BCUT2D eigenvalue weighted by atomic mass is 10.00. The van der Waals surface area contributed by atoms with E-state index in [1.807, 2.05) is 25.4 Å². The van der Waals surface area contributed by atoms with Gasteiger partial charge in [-0.05, 0) is 50.1 Å². The van der Waals surface area contributed by atoms with E-state index < -0.39 is 5.60 Å². The van der Waals surface area contributed by atoms with Crippen molar-refractivity contribution >= 4 is 22.6 Å². The highest BCUT2D eigenvalue weighted by Gasteiger charge is 2.39. The highest BCUT2D eigenvalue weighted by atomic mass is 16.5. The van der Waals surface area contributed by atoms with Gasteiger partial charge in [-0.25, -0.2) is 4.98 Å². The van der Waals surface area contributed by atoms with Crippen molar-refractivity contribution in [3.05, 3.63) is 48.7 Å². The van der Waals surface area contributed by atoms with E-state index >= 15 is 0 Å². The Kier molecular flexibility index (Phi) is 7.57. The van der Waals surface area contributed by atoms with Gasteiger partial charge in [-0.1, -0.05) is 25.0 Å². The number of ether oxygens (including phenoxy) is 1. The van der Waals surface area contributed by atoms with Crippen molar-refractivity contribution in [1.29, 1.82) is 0 Å². The Morgan fingerprint density at radius 1 is 1.18 bits per heavy atom. The molecule has 1 aromatic carbocycles. The average Bonchev–Trinajstić information content (AvgIpc) is 3.53. The number of aromatic amines is 1. The molecule has 0 radical (unpaired) electrons. The molecule has 180 valence electrons. The molecule has 1 saturated heterocycles. The van der Waals surface area contributed by atoms with Crippen LogP contribution in [0.2, 0.25) is 0 Å². The molecule has 2 amide bonds. The molecule has 3 N–H and O–H groups in total. The molecule has 1 fully saturated rings. The number of hydrogen-bond acceptors (Lipinski definition) is 5. The number of pyridine rings is 1. The van der Waals surface area contributed by atoms with Crippen molar-refractivity contribution in [2.45, 2.75) is 63.5 Å². The number of benzene rings is 1. The van der Waals surface area contributed by atoms with Gasteiger partial charge in [-0.2, -0.15) is 0 Å². The predicted molar refractivity (Wildman–Crippen MR) is 131 cm³/mol. The number of unbranched alkanes of at least 4 members (excludes halogenated alkanes) is 2. The molecule has 2 atom stereocenters. The van der Waals surface area contributed by atoms with Crippen molar-refractivity contribution in [3.8, 4) is 11.3 Å². The summed E-state index contributed by atoms with van der Waals surface area (Å²) in [6, 6.07) is 7.93. The fraction of sp³-hybridized carbons (Fsp3) is 0.462. The lowest BCUT2D eigenvalue weighted by Crippen LogP contribution is -2.45. The van der Waals surface area contributed by atoms with Gasteiger partial charge >= 0.3 is 0 Å². The van der Waals surface area contributed by atoms with E-state index in [0.29, 0.717) is 19.4 Å². The zero-order chi connectivity index (χ0) is 24.0. The predicted octanol–water partition coefficient (Wildman–Crippen LogP) is 4.05. The molecule has 4 rings (SSSR count). The molecular formula is C26H33N5O3. The largest absolute Gasteiger partial charge is 0.365 e. The Bertz CT molecular complexity index is 1140. The molecule has 3 aromatic rings. The van der Waals surface area contributed by atoms with Gasteiger partial charge in [0.2, 0.25) is 5.91 Å². The smallest absolute Gasteiger partial charge is 0.252 e. The number of nitrogens with zero attached hydrogens (tertiary/aromatic N) is 2. The number of nitrogens with one attached hydrogen (secondary N) is 3. The van der Waals surface area contributed by atoms with Gasteiger partial charge in [-0.3, -0.25) is 14.6 Å². The molecule has 1 unspecified atom stereocenters. The highest BCUT2D eigenvalue weighted by molar-refractivity contribution is 5.86. The first-order valence-corrected chi connectivity index (χ1v) is 12.0. The molecular weight excluding hydrogens is 430 g/mol. The number of amides is 2. The summed E-state index contributed by atoms with van der Waals surface area (Å²) < 4.78 is 5.74. The normalized spacial score (nSPS) is 18.6. The number of carbonyl (C=O) groups excluding carboxylic acids is 2. The standard InChI is InChI=1S/C26H33N5O3/c1-26(12-6-14-34-26)25(33)31-21(7-4-3-5-8-23(32)27-2)24-29-17-22(30-24)19-10-9-18-11-13-28-16-20(18)15-19/h9-11,13,15-17,21H,3-8,12,14H2,1-2H3,(H,27,32)(H,29,30)(H,31,33)/t21-,26?/m0/s1. The minimum Gasteiger partial charge on any atom is -0.365 e. The van der Waals surface area contributed by atoms with Crippen molar-refractivity contribution in [1.82, 2.24) is 25.6 Å². The summed E-state index contributed by atoms with van der Waals surface area (Å²) in [5.41, 5.74) is 1.11. The van der Waals surface area contributed by atoms with Gasteiger partial charge in [0.1, 0.15) is 11.4 Å². The molecule has 0 bridgehead atoms. The Hall–Kier alpha value is -3.26. The fourth-order valence-electron chi connectivity index (χ4n) is 4.40. The molecule has 2 aromatic heterocycles. The van der Waals surface area contributed by atoms with Crippen LogP contribution in [0.5, 0.6) is 0 Å². The van der Waals surface area contributed by atoms with E-state index in [1.165, 1.54) is 0 Å². The van der Waals surface area contributed by atoms with Gasteiger partial charge in [-0.15, -0.1) is 0 Å². The summed E-state index contributed by atoms with van der Waals surface area (Å²) in [5.74, 6) is 0.676. The maximum absolute atomic E-state index is 13.1. The van der Waals surface area contributed by atoms with Crippen molar-refractivity contribution in [2.75, 3.05) is 13.7 Å². The van der Waals surface area contributed by atoms with Crippen molar-refractivity contribution < 1.29 is 14.3 Å². The molecule has 1 aliphatic rings. The number of H-pyrrole nitrogens is 1. The Balaban J connectivity index is 1.48. The molecule has 8 nitrogen and oxygen atoms in total. The van der Waals surface area contributed by atoms with Crippen LogP contribution in [0, 0.1) is 0 Å². The minimum atomic E-state index is -0.793. The number of imidazole rings is 1. The number of aromatic nitrogens is 3. The van der Waals surface area contributed by atoms with Crippen LogP contribution < -0.4 is 10.6 Å². The summed E-state index contributed by atoms with van der Waals surface area (Å²) in [6.45, 7) is 2.46. The zero-order valence-electron chi connectivity index (χ0n) is 19.9. The quantitative estimate of drug-likeness (QED) is 0.393. The number of hydrogen-bond donors (Lipinski definition) is 3. The van der Waals surface area contributed by atoms with Crippen LogP contribution in [-0.4, -0.2) is 46.0 Å². The van der Waals surface area contributed by atoms with E-state index in [-0.39, 0.29) is 17.9 Å². The number of carbonyl (C=O) groups is 2. The van der Waals surface area contributed by atoms with Crippen LogP contribution >= 0.6 is 0 Å². The molecule has 34 heavy (non-hydrogen) atoms. The first-order chi connectivity index (χ1) is 16.5. The highest BCUT2D eigenvalue weighted by Crippen LogP contribution is 2.29. The summed E-state index contributed by atoms with van der Waals surface area (Å²) in [6.07, 6.45) is 10.9. The van der Waals surface area contributed by atoms with Crippen LogP contribution in [0.4, 0.5) is 0 Å². The van der Waals surface area contributed by atoms with Gasteiger partial charge < -0.3 is 20.4 Å². The summed E-state index contributed by atoms with van der Waals surface area (Å²) >= 11 is 0. The van der Waals surface area contributed by atoms with Gasteiger partial charge in [0.15, 0.2) is 0 Å². The third-order valence-electron chi connectivity index (χ3n) is 6.56. The second-order valence-corrected chi connectivity index (χ2v) is 9.10. The maximum Gasteiger partial charge on any atom is 0.252 e. The molecule has 0 spiro atoms. The van der Waals surface area contributed by atoms with Gasteiger partial charge in [0.25, 0.3) is 5.91 Å². The first kappa shape index (κ1) is 23.9. The van der Waals surface area contributed by atoms with E-state index in [9.17, 15) is 9.59 Å². The van der Waals surface area contributed by atoms with Gasteiger partial charge in [0.05, 0.1) is 17.9 Å². The van der Waals surface area contributed by atoms with Crippen LogP contribution in [0.3, 0.4) is 0 Å². The lowest BCUT2D eigenvalue weighted by Gasteiger charge is -2.25. The maximum atomic E-state index is 13.1. The summed E-state index contributed by atoms with van der Waals surface area (Å²) in [7, 11) is 1.65. The minimum absolute atomic E-state index is 0.0532. The van der Waals surface area contributed by atoms with Crippen LogP contribution in [0.15, 0.2) is 42.9 Å². The lowest BCUT2D eigenvalue weighted by molar-refractivity contribution is -0.140. The Morgan fingerprint density at radius 3 is 2.85 bits per heavy atom. The summed E-state index contributed by atoms with van der Waals surface area (Å²) in [5, 5.41) is 8.02. The SMILES string of the molecule is CNC(=O)CCCCC[C@H](NC(=O)C1(C)CCCO1)c1ncc(-c2ccc3ccncc3c2)[nH]1. The Morgan fingerprint density at radius 2 is 2.06 bits per heavy atom. The van der Waals surface area contributed by atoms with Crippen molar-refractivity contribution in [2.24, 2.45) is 0 Å². The molecule has 0 aliphatic carbocycles. The Labute approximate surface area is 199 Å². The van der Waals surface area contributed by atoms with Crippen LogP contribution in [0.1, 0.15) is 63.7 Å². The zero-order valence-corrected chi connectivity index (χ0v) is 19.9. The van der Waals surface area contributed by atoms with Crippen molar-refractivity contribution in [3.63, 3.8) is 0 Å². The van der Waals surface area contributed by atoms with E-state index in [1.54, 1.807) is 13.2 Å².